The van der Waals surface area contributed by atoms with E-state index in [-0.39, 0.29) is 12.2 Å². The molecule has 1 saturated heterocycles. The van der Waals surface area contributed by atoms with E-state index in [0.29, 0.717) is 0 Å². The van der Waals surface area contributed by atoms with Gasteiger partial charge < -0.3 is 0 Å². The smallest absolute Gasteiger partial charge is 0.290 e. The van der Waals surface area contributed by atoms with Gasteiger partial charge >= 0.3 is 7.82 Å². The first-order valence-corrected chi connectivity index (χ1v) is 4.56. The van der Waals surface area contributed by atoms with Gasteiger partial charge in [0.05, 0.1) is 12.2 Å². The molecule has 0 aromatic rings. The number of phosphoric ester groups is 1. The van der Waals surface area contributed by atoms with E-state index in [0.717, 1.165) is 0 Å². The minimum atomic E-state index is -3.16. The summed E-state index contributed by atoms with van der Waals surface area (Å²) in [6, 6.07) is 0. The largest absolute Gasteiger partial charge is 0.475 e. The lowest BCUT2D eigenvalue weighted by Crippen LogP contribution is -2.13. The maximum absolute atomic E-state index is 11.1. The molecule has 0 spiro atoms. The third-order valence-corrected chi connectivity index (χ3v) is 3.10. The number of hydrogen-bond donors (Lipinski definition) is 0. The van der Waals surface area contributed by atoms with Gasteiger partial charge in [0.1, 0.15) is 0 Å². The van der Waals surface area contributed by atoms with Crippen molar-refractivity contribution in [3.63, 3.8) is 0 Å². The molecule has 4 nitrogen and oxygen atoms in total. The van der Waals surface area contributed by atoms with Gasteiger partial charge in [-0.25, -0.2) is 4.57 Å². The lowest BCUT2D eigenvalue weighted by Gasteiger charge is -2.04. The molecule has 0 amide bonds. The minimum Gasteiger partial charge on any atom is -0.290 e. The molecule has 1 rings (SSSR count). The Morgan fingerprint density at radius 3 is 1.90 bits per heavy atom. The third kappa shape index (κ3) is 1.40. The van der Waals surface area contributed by atoms with Gasteiger partial charge in [0.2, 0.25) is 0 Å². The molecule has 0 aromatic heterocycles. The Kier molecular flexibility index (Phi) is 2.15. The van der Waals surface area contributed by atoms with Gasteiger partial charge in [-0.05, 0) is 13.8 Å². The van der Waals surface area contributed by atoms with Crippen LogP contribution in [0.15, 0.2) is 0 Å². The average molecular weight is 166 g/mol. The molecule has 0 N–H and O–H groups in total. The van der Waals surface area contributed by atoms with E-state index in [2.05, 4.69) is 4.52 Å². The molecule has 0 bridgehead atoms. The molecule has 0 aliphatic carbocycles. The Morgan fingerprint density at radius 1 is 1.30 bits per heavy atom. The summed E-state index contributed by atoms with van der Waals surface area (Å²) in [4.78, 5) is 0. The van der Waals surface area contributed by atoms with Gasteiger partial charge in [-0.3, -0.25) is 13.6 Å². The molecule has 1 aliphatic heterocycles. The van der Waals surface area contributed by atoms with Crippen molar-refractivity contribution in [1.82, 2.24) is 0 Å². The minimum absolute atomic E-state index is 0.147. The molecule has 60 valence electrons. The van der Waals surface area contributed by atoms with Crippen molar-refractivity contribution >= 4 is 7.82 Å². The molecule has 2 unspecified atom stereocenters. The molecular weight excluding hydrogens is 155 g/mol. The summed E-state index contributed by atoms with van der Waals surface area (Å²) in [6.07, 6.45) is -0.295. The van der Waals surface area contributed by atoms with Crippen LogP contribution in [0.2, 0.25) is 0 Å². The van der Waals surface area contributed by atoms with E-state index in [4.69, 9.17) is 9.05 Å². The second-order valence-electron chi connectivity index (χ2n) is 2.25. The van der Waals surface area contributed by atoms with Gasteiger partial charge in [0.25, 0.3) is 0 Å². The molecule has 10 heavy (non-hydrogen) atoms. The maximum Gasteiger partial charge on any atom is 0.475 e. The molecular formula is C5H11O4P. The van der Waals surface area contributed by atoms with Crippen molar-refractivity contribution in [2.75, 3.05) is 7.11 Å². The first-order valence-electron chi connectivity index (χ1n) is 3.10. The summed E-state index contributed by atoms with van der Waals surface area (Å²) in [5, 5.41) is 0. The summed E-state index contributed by atoms with van der Waals surface area (Å²) < 4.78 is 25.5. The number of rotatable bonds is 1. The summed E-state index contributed by atoms with van der Waals surface area (Å²) in [5.74, 6) is 0. The van der Waals surface area contributed by atoms with Crippen LogP contribution in [0.3, 0.4) is 0 Å². The molecule has 2 atom stereocenters. The van der Waals surface area contributed by atoms with E-state index in [1.807, 2.05) is 0 Å². The first kappa shape index (κ1) is 8.21. The van der Waals surface area contributed by atoms with Crippen LogP contribution in [-0.4, -0.2) is 19.3 Å². The van der Waals surface area contributed by atoms with E-state index in [1.54, 1.807) is 13.8 Å². The average Bonchev–Trinajstić information content (AvgIpc) is 2.10. The molecule has 1 aliphatic rings. The van der Waals surface area contributed by atoms with Crippen LogP contribution in [0.4, 0.5) is 0 Å². The molecule has 5 heteroatoms. The van der Waals surface area contributed by atoms with Crippen LogP contribution in [0, 0.1) is 0 Å². The van der Waals surface area contributed by atoms with Gasteiger partial charge in [0.15, 0.2) is 0 Å². The molecule has 0 saturated carbocycles. The van der Waals surface area contributed by atoms with Crippen LogP contribution in [-0.2, 0) is 18.1 Å². The second kappa shape index (κ2) is 2.62. The normalized spacial score (nSPS) is 47.9. The zero-order chi connectivity index (χ0) is 7.78. The number of phosphoric acid groups is 1. The highest BCUT2D eigenvalue weighted by molar-refractivity contribution is 7.48. The van der Waals surface area contributed by atoms with Gasteiger partial charge in [-0.15, -0.1) is 0 Å². The highest BCUT2D eigenvalue weighted by atomic mass is 31.2. The van der Waals surface area contributed by atoms with Crippen molar-refractivity contribution in [3.8, 4) is 0 Å². The molecule has 0 aromatic carbocycles. The third-order valence-electron chi connectivity index (χ3n) is 1.48. The van der Waals surface area contributed by atoms with Crippen LogP contribution in [0.1, 0.15) is 13.8 Å². The van der Waals surface area contributed by atoms with Gasteiger partial charge in [-0.2, -0.15) is 0 Å². The van der Waals surface area contributed by atoms with Crippen molar-refractivity contribution < 1.29 is 18.1 Å². The maximum atomic E-state index is 11.1. The standard InChI is InChI=1S/C5H11O4P/c1-4-5(2)9-10(6,7-3)8-4/h4-5H,1-3H3. The summed E-state index contributed by atoms with van der Waals surface area (Å²) in [5.41, 5.74) is 0. The highest BCUT2D eigenvalue weighted by Crippen LogP contribution is 2.56. The zero-order valence-electron chi connectivity index (χ0n) is 6.23. The fraction of sp³-hybridized carbons (Fsp3) is 1.00. The fourth-order valence-electron chi connectivity index (χ4n) is 0.690. The van der Waals surface area contributed by atoms with E-state index < -0.39 is 7.82 Å². The molecule has 1 heterocycles. The van der Waals surface area contributed by atoms with Gasteiger partial charge in [0, 0.05) is 7.11 Å². The monoisotopic (exact) mass is 166 g/mol. The van der Waals surface area contributed by atoms with Gasteiger partial charge in [-0.1, -0.05) is 0 Å². The Hall–Kier alpha value is 0.110. The van der Waals surface area contributed by atoms with E-state index >= 15 is 0 Å². The summed E-state index contributed by atoms with van der Waals surface area (Å²) in [7, 11) is -1.85. The Labute approximate surface area is 60.1 Å². The quantitative estimate of drug-likeness (QED) is 0.554. The zero-order valence-corrected chi connectivity index (χ0v) is 7.13. The van der Waals surface area contributed by atoms with Crippen LogP contribution in [0.5, 0.6) is 0 Å². The number of hydrogen-bond acceptors (Lipinski definition) is 4. The molecule has 0 radical (unpaired) electrons. The van der Waals surface area contributed by atoms with Crippen LogP contribution in [0.25, 0.3) is 0 Å². The lowest BCUT2D eigenvalue weighted by molar-refractivity contribution is 0.187. The molecule has 1 fully saturated rings. The van der Waals surface area contributed by atoms with Crippen molar-refractivity contribution in [3.05, 3.63) is 0 Å². The summed E-state index contributed by atoms with van der Waals surface area (Å²) >= 11 is 0. The van der Waals surface area contributed by atoms with Crippen LogP contribution < -0.4 is 0 Å². The highest BCUT2D eigenvalue weighted by Gasteiger charge is 2.40. The van der Waals surface area contributed by atoms with Crippen molar-refractivity contribution in [2.45, 2.75) is 26.1 Å². The fourth-order valence-corrected chi connectivity index (χ4v) is 2.07. The van der Waals surface area contributed by atoms with E-state index in [9.17, 15) is 4.57 Å². The SMILES string of the molecule is COP1(=O)OC(C)C(C)O1. The predicted octanol–water partition coefficient (Wildman–Crippen LogP) is 1.56. The van der Waals surface area contributed by atoms with Crippen LogP contribution >= 0.6 is 7.82 Å². The Balaban J connectivity index is 2.64. The first-order chi connectivity index (χ1) is 4.57. The summed E-state index contributed by atoms with van der Waals surface area (Å²) in [6.45, 7) is 3.59. The topological polar surface area (TPSA) is 44.8 Å². The second-order valence-corrected chi connectivity index (χ2v) is 3.93. The predicted molar refractivity (Wildman–Crippen MR) is 35.7 cm³/mol. The Bertz CT molecular complexity index is 155. The lowest BCUT2D eigenvalue weighted by atomic mass is 10.3. The Morgan fingerprint density at radius 2 is 1.70 bits per heavy atom. The van der Waals surface area contributed by atoms with E-state index in [1.165, 1.54) is 7.11 Å². The van der Waals surface area contributed by atoms with Crippen molar-refractivity contribution in [1.29, 1.82) is 0 Å². The van der Waals surface area contributed by atoms with Crippen molar-refractivity contribution in [2.24, 2.45) is 0 Å².